The smallest absolute Gasteiger partial charge is 0.269 e. The van der Waals surface area contributed by atoms with Crippen molar-refractivity contribution >= 4 is 11.6 Å². The van der Waals surface area contributed by atoms with Crippen LogP contribution in [-0.4, -0.2) is 15.7 Å². The van der Waals surface area contributed by atoms with Crippen LogP contribution in [0.3, 0.4) is 0 Å². The summed E-state index contributed by atoms with van der Waals surface area (Å²) < 4.78 is 1.57. The molecule has 0 saturated heterocycles. The van der Waals surface area contributed by atoms with Gasteiger partial charge in [-0.2, -0.15) is 5.10 Å². The van der Waals surface area contributed by atoms with Crippen molar-refractivity contribution < 1.29 is 4.79 Å². The monoisotopic (exact) mass is 244 g/mol. The average molecular weight is 244 g/mol. The zero-order valence-corrected chi connectivity index (χ0v) is 10.5. The number of carbonyl (C=O) groups excluding carboxylic acids is 1. The van der Waals surface area contributed by atoms with Crippen LogP contribution in [0.5, 0.6) is 0 Å². The first-order chi connectivity index (χ1) is 8.56. The summed E-state index contributed by atoms with van der Waals surface area (Å²) >= 11 is 0. The number of aromatic nitrogens is 2. The van der Waals surface area contributed by atoms with Gasteiger partial charge < -0.3 is 11.1 Å². The summed E-state index contributed by atoms with van der Waals surface area (Å²) in [5.41, 5.74) is 8.72. The quantitative estimate of drug-likeness (QED) is 0.798. The molecule has 0 aliphatic rings. The van der Waals surface area contributed by atoms with Crippen LogP contribution in [0.2, 0.25) is 0 Å². The van der Waals surface area contributed by atoms with Gasteiger partial charge in [0.15, 0.2) is 0 Å². The van der Waals surface area contributed by atoms with Gasteiger partial charge in [-0.05, 0) is 30.7 Å². The zero-order valence-electron chi connectivity index (χ0n) is 10.5. The van der Waals surface area contributed by atoms with Crippen molar-refractivity contribution in [2.75, 3.05) is 5.73 Å². The predicted octanol–water partition coefficient (Wildman–Crippen LogP) is 1.24. The average Bonchev–Trinajstić information content (AvgIpc) is 2.66. The van der Waals surface area contributed by atoms with Gasteiger partial charge in [0.05, 0.1) is 5.69 Å². The lowest BCUT2D eigenvalue weighted by molar-refractivity contribution is 0.0941. The van der Waals surface area contributed by atoms with Crippen molar-refractivity contribution in [2.24, 2.45) is 7.05 Å². The number of aryl methyl sites for hydroxylation is 2. The Morgan fingerprint density at radius 2 is 2.22 bits per heavy atom. The highest BCUT2D eigenvalue weighted by Crippen LogP contribution is 2.07. The first-order valence-electron chi connectivity index (χ1n) is 5.69. The molecule has 0 aliphatic carbocycles. The number of amides is 1. The molecule has 5 nitrogen and oxygen atoms in total. The van der Waals surface area contributed by atoms with Gasteiger partial charge >= 0.3 is 0 Å². The number of rotatable bonds is 3. The number of benzene rings is 1. The molecule has 0 bridgehead atoms. The van der Waals surface area contributed by atoms with Crippen LogP contribution in [-0.2, 0) is 13.6 Å². The van der Waals surface area contributed by atoms with E-state index in [2.05, 4.69) is 10.4 Å². The fourth-order valence-corrected chi connectivity index (χ4v) is 1.80. The molecular weight excluding hydrogens is 228 g/mol. The normalized spacial score (nSPS) is 10.3. The Hall–Kier alpha value is -2.30. The van der Waals surface area contributed by atoms with Crippen LogP contribution in [0.15, 0.2) is 30.3 Å². The minimum Gasteiger partial charge on any atom is -0.399 e. The van der Waals surface area contributed by atoms with Crippen LogP contribution >= 0.6 is 0 Å². The maximum Gasteiger partial charge on any atom is 0.269 e. The van der Waals surface area contributed by atoms with Crippen molar-refractivity contribution in [3.05, 3.63) is 47.3 Å². The highest BCUT2D eigenvalue weighted by molar-refractivity contribution is 5.92. The van der Waals surface area contributed by atoms with Gasteiger partial charge in [0.2, 0.25) is 0 Å². The van der Waals surface area contributed by atoms with Crippen LogP contribution in [0.4, 0.5) is 5.69 Å². The summed E-state index contributed by atoms with van der Waals surface area (Å²) in [6, 6.07) is 9.20. The van der Waals surface area contributed by atoms with E-state index >= 15 is 0 Å². The lowest BCUT2D eigenvalue weighted by atomic mass is 10.2. The summed E-state index contributed by atoms with van der Waals surface area (Å²) in [4.78, 5) is 11.9. The van der Waals surface area contributed by atoms with Crippen LogP contribution in [0.25, 0.3) is 0 Å². The number of anilines is 1. The number of hydrogen-bond acceptors (Lipinski definition) is 3. The Balaban J connectivity index is 2.03. The van der Waals surface area contributed by atoms with Crippen molar-refractivity contribution in [2.45, 2.75) is 13.5 Å². The van der Waals surface area contributed by atoms with Crippen molar-refractivity contribution in [1.82, 2.24) is 15.1 Å². The molecule has 0 saturated carbocycles. The molecular formula is C13H16N4O. The van der Waals surface area contributed by atoms with Gasteiger partial charge in [-0.25, -0.2) is 0 Å². The van der Waals surface area contributed by atoms with Crippen molar-refractivity contribution in [1.29, 1.82) is 0 Å². The van der Waals surface area contributed by atoms with Gasteiger partial charge in [-0.15, -0.1) is 0 Å². The molecule has 0 spiro atoms. The number of nitrogens with zero attached hydrogens (tertiary/aromatic N) is 2. The van der Waals surface area contributed by atoms with Gasteiger partial charge in [-0.3, -0.25) is 9.48 Å². The minimum absolute atomic E-state index is 0.138. The second kappa shape index (κ2) is 4.91. The third kappa shape index (κ3) is 2.68. The van der Waals surface area contributed by atoms with E-state index in [9.17, 15) is 4.79 Å². The Morgan fingerprint density at radius 3 is 2.83 bits per heavy atom. The molecule has 3 N–H and O–H groups in total. The van der Waals surface area contributed by atoms with Crippen LogP contribution < -0.4 is 11.1 Å². The zero-order chi connectivity index (χ0) is 13.1. The summed E-state index contributed by atoms with van der Waals surface area (Å²) in [6.45, 7) is 2.31. The number of carbonyl (C=O) groups is 1. The molecule has 2 rings (SSSR count). The standard InChI is InChI=1S/C13H16N4O/c1-9-6-12(17(2)16-9)13(18)15-8-10-4-3-5-11(14)7-10/h3-7H,8,14H2,1-2H3,(H,15,18). The highest BCUT2D eigenvalue weighted by atomic mass is 16.2. The molecule has 0 aliphatic heterocycles. The van der Waals surface area contributed by atoms with E-state index in [1.165, 1.54) is 0 Å². The van der Waals surface area contributed by atoms with E-state index in [4.69, 9.17) is 5.73 Å². The third-order valence-corrected chi connectivity index (χ3v) is 2.64. The van der Waals surface area contributed by atoms with Gasteiger partial charge in [0.1, 0.15) is 5.69 Å². The molecule has 2 aromatic rings. The summed E-state index contributed by atoms with van der Waals surface area (Å²) in [7, 11) is 1.75. The maximum absolute atomic E-state index is 11.9. The number of hydrogen-bond donors (Lipinski definition) is 2. The Kier molecular flexibility index (Phi) is 3.32. The molecule has 94 valence electrons. The van der Waals surface area contributed by atoms with E-state index in [0.717, 1.165) is 11.3 Å². The molecule has 1 aromatic heterocycles. The van der Waals surface area contributed by atoms with E-state index in [1.54, 1.807) is 17.8 Å². The highest BCUT2D eigenvalue weighted by Gasteiger charge is 2.10. The van der Waals surface area contributed by atoms with Gasteiger partial charge in [0, 0.05) is 19.3 Å². The third-order valence-electron chi connectivity index (χ3n) is 2.64. The van der Waals surface area contributed by atoms with E-state index in [1.807, 2.05) is 31.2 Å². The van der Waals surface area contributed by atoms with Gasteiger partial charge in [0.25, 0.3) is 5.91 Å². The minimum atomic E-state index is -0.138. The fourth-order valence-electron chi connectivity index (χ4n) is 1.80. The van der Waals surface area contributed by atoms with E-state index in [0.29, 0.717) is 17.9 Å². The van der Waals surface area contributed by atoms with Crippen molar-refractivity contribution in [3.8, 4) is 0 Å². The number of nitrogens with one attached hydrogen (secondary N) is 1. The van der Waals surface area contributed by atoms with Crippen LogP contribution in [0.1, 0.15) is 21.7 Å². The topological polar surface area (TPSA) is 72.9 Å². The molecule has 1 heterocycles. The number of nitrogens with two attached hydrogens (primary N) is 1. The second-order valence-electron chi connectivity index (χ2n) is 4.22. The SMILES string of the molecule is Cc1cc(C(=O)NCc2cccc(N)c2)n(C)n1. The molecule has 18 heavy (non-hydrogen) atoms. The van der Waals surface area contributed by atoms with Crippen molar-refractivity contribution in [3.63, 3.8) is 0 Å². The largest absolute Gasteiger partial charge is 0.399 e. The predicted molar refractivity (Wildman–Crippen MR) is 70.0 cm³/mol. The second-order valence-corrected chi connectivity index (χ2v) is 4.22. The Morgan fingerprint density at radius 1 is 1.44 bits per heavy atom. The molecule has 0 atom stereocenters. The molecule has 1 aromatic carbocycles. The van der Waals surface area contributed by atoms with E-state index < -0.39 is 0 Å². The molecule has 5 heteroatoms. The first kappa shape index (κ1) is 12.2. The first-order valence-corrected chi connectivity index (χ1v) is 5.69. The lowest BCUT2D eigenvalue weighted by Gasteiger charge is -2.06. The summed E-state index contributed by atoms with van der Waals surface area (Å²) in [5.74, 6) is -0.138. The lowest BCUT2D eigenvalue weighted by Crippen LogP contribution is -2.25. The Labute approximate surface area is 106 Å². The fraction of sp³-hybridized carbons (Fsp3) is 0.231. The van der Waals surface area contributed by atoms with Crippen LogP contribution in [0, 0.1) is 6.92 Å². The summed E-state index contributed by atoms with van der Waals surface area (Å²) in [5, 5.41) is 6.98. The molecule has 0 fully saturated rings. The molecule has 0 radical (unpaired) electrons. The van der Waals surface area contributed by atoms with E-state index in [-0.39, 0.29) is 5.91 Å². The molecule has 1 amide bonds. The summed E-state index contributed by atoms with van der Waals surface area (Å²) in [6.07, 6.45) is 0. The Bertz CT molecular complexity index is 574. The van der Waals surface area contributed by atoms with Gasteiger partial charge in [-0.1, -0.05) is 12.1 Å². The maximum atomic E-state index is 11.9. The molecule has 0 unspecified atom stereocenters. The number of nitrogen functional groups attached to an aromatic ring is 1.